The molecule has 0 amide bonds. The smallest absolute Gasteiger partial charge is 0.275 e. The first-order chi connectivity index (χ1) is 9.97. The van der Waals surface area contributed by atoms with E-state index >= 15 is 0 Å². The van der Waals surface area contributed by atoms with E-state index in [9.17, 15) is 10.1 Å². The van der Waals surface area contributed by atoms with E-state index in [1.165, 1.54) is 6.07 Å². The molecule has 0 heterocycles. The highest BCUT2D eigenvalue weighted by molar-refractivity contribution is 6.31. The molecule has 1 atom stereocenters. The molecular weight excluding hydrogens is 311 g/mol. The number of hydrogen-bond acceptors (Lipinski definition) is 3. The van der Waals surface area contributed by atoms with Crippen molar-refractivity contribution >= 4 is 28.9 Å². The van der Waals surface area contributed by atoms with Crippen molar-refractivity contribution < 1.29 is 4.92 Å². The molecule has 0 aliphatic heterocycles. The maximum atomic E-state index is 11.0. The number of nitro groups is 1. The van der Waals surface area contributed by atoms with E-state index in [2.05, 4.69) is 5.32 Å². The Hall–Kier alpha value is -1.62. The van der Waals surface area contributed by atoms with Gasteiger partial charge in [-0.1, -0.05) is 35.3 Å². The summed E-state index contributed by atoms with van der Waals surface area (Å²) in [6.07, 6.45) is 0. The van der Waals surface area contributed by atoms with Gasteiger partial charge in [0.05, 0.1) is 4.92 Å². The van der Waals surface area contributed by atoms with Crippen LogP contribution in [0.25, 0.3) is 0 Å². The Labute approximate surface area is 132 Å². The van der Waals surface area contributed by atoms with Gasteiger partial charge in [0.1, 0.15) is 0 Å². The van der Waals surface area contributed by atoms with E-state index in [0.29, 0.717) is 22.2 Å². The van der Waals surface area contributed by atoms with Gasteiger partial charge < -0.3 is 5.32 Å². The van der Waals surface area contributed by atoms with E-state index in [-0.39, 0.29) is 11.7 Å². The van der Waals surface area contributed by atoms with Crippen molar-refractivity contribution in [1.82, 2.24) is 5.32 Å². The maximum Gasteiger partial charge on any atom is 0.275 e. The Kier molecular flexibility index (Phi) is 5.17. The van der Waals surface area contributed by atoms with Crippen LogP contribution in [0.4, 0.5) is 5.69 Å². The Morgan fingerprint density at radius 1 is 1.19 bits per heavy atom. The summed E-state index contributed by atoms with van der Waals surface area (Å²) in [4.78, 5) is 10.6. The Morgan fingerprint density at radius 3 is 2.57 bits per heavy atom. The van der Waals surface area contributed by atoms with Crippen LogP contribution in [-0.2, 0) is 6.54 Å². The largest absolute Gasteiger partial charge is 0.306 e. The molecule has 0 saturated carbocycles. The van der Waals surface area contributed by atoms with Crippen LogP contribution < -0.4 is 5.32 Å². The molecule has 0 fully saturated rings. The fraction of sp³-hybridized carbons (Fsp3) is 0.200. The van der Waals surface area contributed by atoms with Gasteiger partial charge in [-0.3, -0.25) is 10.1 Å². The lowest BCUT2D eigenvalue weighted by Gasteiger charge is -2.14. The number of nitrogens with zero attached hydrogens (tertiary/aromatic N) is 1. The molecule has 4 nitrogen and oxygen atoms in total. The first-order valence-corrected chi connectivity index (χ1v) is 7.14. The average Bonchev–Trinajstić information content (AvgIpc) is 2.45. The summed E-state index contributed by atoms with van der Waals surface area (Å²) in [7, 11) is 0. The zero-order valence-electron chi connectivity index (χ0n) is 11.3. The second-order valence-corrected chi connectivity index (χ2v) is 5.56. The summed E-state index contributed by atoms with van der Waals surface area (Å²) < 4.78 is 0. The zero-order valence-corrected chi connectivity index (χ0v) is 12.9. The molecule has 6 heteroatoms. The fourth-order valence-corrected chi connectivity index (χ4v) is 2.38. The summed E-state index contributed by atoms with van der Waals surface area (Å²) in [5, 5.41) is 15.3. The Bertz CT molecular complexity index is 662. The van der Waals surface area contributed by atoms with Gasteiger partial charge in [-0.25, -0.2) is 0 Å². The summed E-state index contributed by atoms with van der Waals surface area (Å²) in [5.74, 6) is 0. The minimum absolute atomic E-state index is 0.0216. The molecule has 0 unspecified atom stereocenters. The van der Waals surface area contributed by atoms with Gasteiger partial charge in [-0.2, -0.15) is 0 Å². The third-order valence-electron chi connectivity index (χ3n) is 3.19. The topological polar surface area (TPSA) is 55.2 Å². The minimum Gasteiger partial charge on any atom is -0.306 e. The first kappa shape index (κ1) is 15.8. The highest BCUT2D eigenvalue weighted by Crippen LogP contribution is 2.24. The molecule has 0 radical (unpaired) electrons. The monoisotopic (exact) mass is 324 g/mol. The predicted molar refractivity (Wildman–Crippen MR) is 84.8 cm³/mol. The lowest BCUT2D eigenvalue weighted by atomic mass is 10.1. The molecule has 2 rings (SSSR count). The summed E-state index contributed by atoms with van der Waals surface area (Å²) >= 11 is 11.8. The van der Waals surface area contributed by atoms with Crippen LogP contribution in [0.1, 0.15) is 24.1 Å². The van der Waals surface area contributed by atoms with Crippen LogP contribution in [0.5, 0.6) is 0 Å². The molecule has 110 valence electrons. The van der Waals surface area contributed by atoms with Gasteiger partial charge in [-0.05, 0) is 36.8 Å². The quantitative estimate of drug-likeness (QED) is 0.637. The van der Waals surface area contributed by atoms with Crippen molar-refractivity contribution in [2.75, 3.05) is 0 Å². The van der Waals surface area contributed by atoms with Gasteiger partial charge in [-0.15, -0.1) is 0 Å². The standard InChI is InChI=1S/C15H14Cl2N2O2/c1-10(11-3-2-4-13(16)7-11)18-9-12-5-6-14(17)8-15(12)19(20)21/h2-8,10,18H,9H2,1H3/t10-/m0/s1. The molecule has 1 N–H and O–H groups in total. The van der Waals surface area contributed by atoms with E-state index in [4.69, 9.17) is 23.2 Å². The van der Waals surface area contributed by atoms with E-state index in [0.717, 1.165) is 5.56 Å². The number of halogens is 2. The van der Waals surface area contributed by atoms with Crippen LogP contribution in [0, 0.1) is 10.1 Å². The highest BCUT2D eigenvalue weighted by Gasteiger charge is 2.15. The lowest BCUT2D eigenvalue weighted by Crippen LogP contribution is -2.18. The van der Waals surface area contributed by atoms with Gasteiger partial charge in [0, 0.05) is 34.3 Å². The molecular formula is C15H14Cl2N2O2. The van der Waals surface area contributed by atoms with Crippen LogP contribution in [0.2, 0.25) is 10.0 Å². The van der Waals surface area contributed by atoms with Crippen molar-refractivity contribution in [1.29, 1.82) is 0 Å². The van der Waals surface area contributed by atoms with Crippen LogP contribution >= 0.6 is 23.2 Å². The fourth-order valence-electron chi connectivity index (χ4n) is 2.01. The molecule has 2 aromatic rings. The molecule has 0 spiro atoms. The summed E-state index contributed by atoms with van der Waals surface area (Å²) in [5.41, 5.74) is 1.64. The number of benzene rings is 2. The van der Waals surface area contributed by atoms with E-state index in [1.807, 2.05) is 31.2 Å². The van der Waals surface area contributed by atoms with Crippen LogP contribution in [-0.4, -0.2) is 4.92 Å². The maximum absolute atomic E-state index is 11.0. The Morgan fingerprint density at radius 2 is 1.90 bits per heavy atom. The molecule has 0 aliphatic carbocycles. The van der Waals surface area contributed by atoms with Gasteiger partial charge in [0.15, 0.2) is 0 Å². The van der Waals surface area contributed by atoms with Gasteiger partial charge in [0.25, 0.3) is 5.69 Å². The van der Waals surface area contributed by atoms with Gasteiger partial charge >= 0.3 is 0 Å². The van der Waals surface area contributed by atoms with Crippen LogP contribution in [0.3, 0.4) is 0 Å². The number of nitro benzene ring substituents is 1. The van der Waals surface area contributed by atoms with Crippen molar-refractivity contribution in [2.24, 2.45) is 0 Å². The second-order valence-electron chi connectivity index (χ2n) is 4.69. The molecule has 2 aromatic carbocycles. The third-order valence-corrected chi connectivity index (χ3v) is 3.66. The number of rotatable bonds is 5. The van der Waals surface area contributed by atoms with Crippen molar-refractivity contribution in [3.63, 3.8) is 0 Å². The predicted octanol–water partition coefficient (Wildman–Crippen LogP) is 4.75. The number of nitrogens with one attached hydrogen (secondary N) is 1. The minimum atomic E-state index is -0.424. The second kappa shape index (κ2) is 6.89. The molecule has 0 bridgehead atoms. The van der Waals surface area contributed by atoms with Crippen molar-refractivity contribution in [2.45, 2.75) is 19.5 Å². The van der Waals surface area contributed by atoms with Gasteiger partial charge in [0.2, 0.25) is 0 Å². The molecule has 0 aliphatic rings. The number of hydrogen-bond donors (Lipinski definition) is 1. The van der Waals surface area contributed by atoms with Crippen molar-refractivity contribution in [3.8, 4) is 0 Å². The summed E-state index contributed by atoms with van der Waals surface area (Å²) in [6.45, 7) is 2.36. The summed E-state index contributed by atoms with van der Waals surface area (Å²) in [6, 6.07) is 12.2. The van der Waals surface area contributed by atoms with Crippen LogP contribution in [0.15, 0.2) is 42.5 Å². The Balaban J connectivity index is 2.11. The normalized spacial score (nSPS) is 12.1. The highest BCUT2D eigenvalue weighted by atomic mass is 35.5. The van der Waals surface area contributed by atoms with E-state index < -0.39 is 4.92 Å². The van der Waals surface area contributed by atoms with E-state index in [1.54, 1.807) is 12.1 Å². The molecule has 0 saturated heterocycles. The van der Waals surface area contributed by atoms with Crippen molar-refractivity contribution in [3.05, 3.63) is 73.8 Å². The molecule has 0 aromatic heterocycles. The SMILES string of the molecule is C[C@H](NCc1ccc(Cl)cc1[N+](=O)[O-])c1cccc(Cl)c1. The average molecular weight is 325 g/mol. The zero-order chi connectivity index (χ0) is 15.4. The first-order valence-electron chi connectivity index (χ1n) is 6.39. The third kappa shape index (κ3) is 4.17. The lowest BCUT2D eigenvalue weighted by molar-refractivity contribution is -0.385. The molecule has 21 heavy (non-hydrogen) atoms.